The van der Waals surface area contributed by atoms with Gasteiger partial charge in [0.05, 0.1) is 22.5 Å². The lowest BCUT2D eigenvalue weighted by molar-refractivity contribution is -0.111. The van der Waals surface area contributed by atoms with E-state index in [9.17, 15) is 19.2 Å². The summed E-state index contributed by atoms with van der Waals surface area (Å²) in [6.45, 7) is 0. The third-order valence-electron chi connectivity index (χ3n) is 5.28. The van der Waals surface area contributed by atoms with Crippen LogP contribution in [0.5, 0.6) is 0 Å². The summed E-state index contributed by atoms with van der Waals surface area (Å²) in [5, 5.41) is 3.14. The second-order valence-electron chi connectivity index (χ2n) is 7.78. The fraction of sp³-hybridized carbons (Fsp3) is 0. The summed E-state index contributed by atoms with van der Waals surface area (Å²) in [7, 11) is 0. The summed E-state index contributed by atoms with van der Waals surface area (Å²) in [5.41, 5.74) is 12.7. The predicted molar refractivity (Wildman–Crippen MR) is 140 cm³/mol. The van der Waals surface area contributed by atoms with Crippen LogP contribution in [-0.4, -0.2) is 23.4 Å². The fourth-order valence-electron chi connectivity index (χ4n) is 3.42. The van der Waals surface area contributed by atoms with Gasteiger partial charge in [-0.05, 0) is 48.6 Å². The minimum atomic E-state index is -0.447. The highest BCUT2D eigenvalue weighted by Crippen LogP contribution is 2.24. The summed E-state index contributed by atoms with van der Waals surface area (Å²) in [4.78, 5) is 49.3. The lowest BCUT2D eigenvalue weighted by atomic mass is 10.1. The van der Waals surface area contributed by atoms with Crippen LogP contribution < -0.4 is 27.0 Å². The third kappa shape index (κ3) is 6.37. The van der Waals surface area contributed by atoms with Gasteiger partial charge in [-0.3, -0.25) is 30.0 Å². The van der Waals surface area contributed by atoms with E-state index >= 15 is 0 Å². The van der Waals surface area contributed by atoms with Crippen molar-refractivity contribution in [1.29, 1.82) is 0 Å². The number of amides is 2. The standard InChI is InChI=1S/C28H23N5O4/c34-25-15-7-1-9-19(25)17-29-32-27(36)21-11-3-5-13-23(21)31-24-14-6-4-12-22(24)28(37)33-30-18-20-10-2-8-16-26(20)35/h1-18,29-31H,(H,32,36)(H,33,37). The van der Waals surface area contributed by atoms with Crippen LogP contribution in [0.15, 0.2) is 121 Å². The van der Waals surface area contributed by atoms with Crippen molar-refractivity contribution in [3.8, 4) is 0 Å². The van der Waals surface area contributed by atoms with Gasteiger partial charge in [0.1, 0.15) is 0 Å². The SMILES string of the molecule is O=C1C=CC=CC1=CNNC(=O)c1ccccc1Nc1ccccc1C(=O)NNC=C1C=CC=CC1=O. The summed E-state index contributed by atoms with van der Waals surface area (Å²) in [6.07, 6.45) is 15.7. The number of hydrogen-bond donors (Lipinski definition) is 5. The van der Waals surface area contributed by atoms with E-state index in [0.29, 0.717) is 33.6 Å². The topological polar surface area (TPSA) is 128 Å². The number of hydrazine groups is 2. The van der Waals surface area contributed by atoms with Gasteiger partial charge in [-0.1, -0.05) is 48.6 Å². The van der Waals surface area contributed by atoms with E-state index in [0.717, 1.165) is 0 Å². The number of para-hydroxylation sites is 2. The van der Waals surface area contributed by atoms with Crippen LogP contribution in [0.1, 0.15) is 20.7 Å². The van der Waals surface area contributed by atoms with Gasteiger partial charge in [0, 0.05) is 23.5 Å². The average molecular weight is 494 g/mol. The third-order valence-corrected chi connectivity index (χ3v) is 5.28. The second kappa shape index (κ2) is 11.8. The number of carbonyl (C=O) groups excluding carboxylic acids is 4. The van der Waals surface area contributed by atoms with Gasteiger partial charge in [-0.25, -0.2) is 0 Å². The van der Waals surface area contributed by atoms with E-state index in [-0.39, 0.29) is 11.6 Å². The molecule has 0 aliphatic heterocycles. The molecule has 2 aromatic rings. The summed E-state index contributed by atoms with van der Waals surface area (Å²) < 4.78 is 0. The van der Waals surface area contributed by atoms with Crippen LogP contribution >= 0.6 is 0 Å². The Morgan fingerprint density at radius 2 is 0.973 bits per heavy atom. The number of benzene rings is 2. The fourth-order valence-corrected chi connectivity index (χ4v) is 3.42. The van der Waals surface area contributed by atoms with Crippen LogP contribution in [-0.2, 0) is 9.59 Å². The molecule has 0 saturated carbocycles. The van der Waals surface area contributed by atoms with E-state index < -0.39 is 11.8 Å². The zero-order valence-electron chi connectivity index (χ0n) is 19.5. The molecule has 0 fully saturated rings. The molecule has 184 valence electrons. The highest BCUT2D eigenvalue weighted by molar-refractivity contribution is 6.08. The first-order valence-electron chi connectivity index (χ1n) is 11.3. The van der Waals surface area contributed by atoms with Gasteiger partial charge in [0.25, 0.3) is 11.8 Å². The lowest BCUT2D eigenvalue weighted by Gasteiger charge is -2.15. The van der Waals surface area contributed by atoms with Crippen LogP contribution in [0.3, 0.4) is 0 Å². The Morgan fingerprint density at radius 3 is 1.41 bits per heavy atom. The number of rotatable bonds is 8. The van der Waals surface area contributed by atoms with Crippen molar-refractivity contribution in [2.24, 2.45) is 0 Å². The molecule has 0 saturated heterocycles. The van der Waals surface area contributed by atoms with Crippen molar-refractivity contribution in [2.45, 2.75) is 0 Å². The van der Waals surface area contributed by atoms with Crippen molar-refractivity contribution in [1.82, 2.24) is 21.7 Å². The summed E-state index contributed by atoms with van der Waals surface area (Å²) >= 11 is 0. The molecular weight excluding hydrogens is 470 g/mol. The minimum Gasteiger partial charge on any atom is -0.354 e. The monoisotopic (exact) mass is 493 g/mol. The maximum absolute atomic E-state index is 12.8. The molecule has 2 aromatic carbocycles. The molecule has 37 heavy (non-hydrogen) atoms. The largest absolute Gasteiger partial charge is 0.354 e. The molecule has 2 amide bonds. The van der Waals surface area contributed by atoms with Gasteiger partial charge in [0.2, 0.25) is 0 Å². The van der Waals surface area contributed by atoms with Crippen molar-refractivity contribution in [3.05, 3.63) is 132 Å². The van der Waals surface area contributed by atoms with Gasteiger partial charge >= 0.3 is 0 Å². The Hall–Kier alpha value is -5.44. The molecule has 9 heteroatoms. The number of carbonyl (C=O) groups is 4. The normalized spacial score (nSPS) is 16.1. The molecule has 9 nitrogen and oxygen atoms in total. The zero-order chi connectivity index (χ0) is 26.0. The molecule has 0 aromatic heterocycles. The van der Waals surface area contributed by atoms with Crippen LogP contribution in [0.2, 0.25) is 0 Å². The number of anilines is 2. The van der Waals surface area contributed by atoms with Crippen molar-refractivity contribution < 1.29 is 19.2 Å². The van der Waals surface area contributed by atoms with E-state index in [1.54, 1.807) is 85.0 Å². The number of ketones is 2. The predicted octanol–water partition coefficient (Wildman–Crippen LogP) is 3.06. The van der Waals surface area contributed by atoms with E-state index in [1.807, 2.05) is 0 Å². The Labute approximate surface area is 213 Å². The van der Waals surface area contributed by atoms with E-state index in [1.165, 1.54) is 24.6 Å². The van der Waals surface area contributed by atoms with Crippen LogP contribution in [0, 0.1) is 0 Å². The molecular formula is C28H23N5O4. The molecule has 4 rings (SSSR count). The summed E-state index contributed by atoms with van der Waals surface area (Å²) in [6, 6.07) is 13.6. The Bertz CT molecular complexity index is 1320. The number of nitrogens with one attached hydrogen (secondary N) is 5. The Morgan fingerprint density at radius 1 is 0.568 bits per heavy atom. The van der Waals surface area contributed by atoms with Gasteiger partial charge in [-0.15, -0.1) is 0 Å². The quantitative estimate of drug-likeness (QED) is 0.282. The molecule has 0 bridgehead atoms. The van der Waals surface area contributed by atoms with Crippen LogP contribution in [0.25, 0.3) is 0 Å². The lowest BCUT2D eigenvalue weighted by Crippen LogP contribution is -2.35. The molecule has 0 atom stereocenters. The second-order valence-corrected chi connectivity index (χ2v) is 7.78. The first kappa shape index (κ1) is 24.7. The summed E-state index contributed by atoms with van der Waals surface area (Å²) in [5.74, 6) is -1.24. The molecule has 0 radical (unpaired) electrons. The molecule has 0 spiro atoms. The number of allylic oxidation sites excluding steroid dienone is 10. The van der Waals surface area contributed by atoms with Gasteiger partial charge < -0.3 is 16.2 Å². The molecule has 2 aliphatic carbocycles. The first-order chi connectivity index (χ1) is 18.0. The minimum absolute atomic E-state index is 0.175. The highest BCUT2D eigenvalue weighted by atomic mass is 16.2. The maximum Gasteiger partial charge on any atom is 0.271 e. The van der Waals surface area contributed by atoms with E-state index in [2.05, 4.69) is 27.0 Å². The Balaban J connectivity index is 1.43. The molecule has 0 heterocycles. The Kier molecular flexibility index (Phi) is 7.87. The van der Waals surface area contributed by atoms with Gasteiger partial charge in [0.15, 0.2) is 11.6 Å². The zero-order valence-corrected chi connectivity index (χ0v) is 19.5. The smallest absolute Gasteiger partial charge is 0.271 e. The van der Waals surface area contributed by atoms with E-state index in [4.69, 9.17) is 0 Å². The first-order valence-corrected chi connectivity index (χ1v) is 11.3. The molecule has 0 unspecified atom stereocenters. The van der Waals surface area contributed by atoms with Gasteiger partial charge in [-0.2, -0.15) is 0 Å². The van der Waals surface area contributed by atoms with Crippen LogP contribution in [0.4, 0.5) is 11.4 Å². The van der Waals surface area contributed by atoms with Crippen molar-refractivity contribution >= 4 is 34.8 Å². The van der Waals surface area contributed by atoms with Crippen molar-refractivity contribution in [2.75, 3.05) is 5.32 Å². The average Bonchev–Trinajstić information content (AvgIpc) is 2.91. The molecule has 2 aliphatic rings. The molecule has 5 N–H and O–H groups in total. The number of hydrogen-bond acceptors (Lipinski definition) is 7. The van der Waals surface area contributed by atoms with Crippen molar-refractivity contribution in [3.63, 3.8) is 0 Å². The maximum atomic E-state index is 12.8. The highest BCUT2D eigenvalue weighted by Gasteiger charge is 2.15.